The molecular formula is C17H25ClN2. The zero-order valence-corrected chi connectivity index (χ0v) is 13.2. The number of nitrogens with zero attached hydrogens (tertiary/aromatic N) is 1. The van der Waals surface area contributed by atoms with Crippen LogP contribution in [0, 0.1) is 11.3 Å². The lowest BCUT2D eigenvalue weighted by atomic mass is 10.1. The molecule has 0 spiro atoms. The Morgan fingerprint density at radius 2 is 1.70 bits per heavy atom. The molecule has 2 nitrogen and oxygen atoms in total. The lowest BCUT2D eigenvalue weighted by Gasteiger charge is -2.08. The standard InChI is InChI=1S/C17H25ClN2/c1-2-3-4-5-6-7-8-9-12-20-17-13-15(14-19)10-11-16(17)18/h10-11,13,20H,2-9,12H2,1H3. The first-order valence-electron chi connectivity index (χ1n) is 7.71. The molecule has 110 valence electrons. The third-order valence-corrected chi connectivity index (χ3v) is 3.77. The van der Waals surface area contributed by atoms with Gasteiger partial charge in [-0.15, -0.1) is 0 Å². The predicted molar refractivity (Wildman–Crippen MR) is 87.3 cm³/mol. The molecule has 0 atom stereocenters. The number of nitriles is 1. The van der Waals surface area contributed by atoms with E-state index < -0.39 is 0 Å². The van der Waals surface area contributed by atoms with Crippen LogP contribution >= 0.6 is 11.6 Å². The number of unbranched alkanes of at least 4 members (excludes halogenated alkanes) is 7. The van der Waals surface area contributed by atoms with Gasteiger partial charge in [0.25, 0.3) is 0 Å². The van der Waals surface area contributed by atoms with Gasteiger partial charge in [-0.25, -0.2) is 0 Å². The summed E-state index contributed by atoms with van der Waals surface area (Å²) in [6, 6.07) is 7.46. The minimum atomic E-state index is 0.646. The summed E-state index contributed by atoms with van der Waals surface area (Å²) < 4.78 is 0. The Morgan fingerprint density at radius 1 is 1.05 bits per heavy atom. The Kier molecular flexibility index (Phi) is 8.91. The van der Waals surface area contributed by atoms with Crippen molar-refractivity contribution in [2.45, 2.75) is 58.3 Å². The van der Waals surface area contributed by atoms with Crippen molar-refractivity contribution in [2.75, 3.05) is 11.9 Å². The van der Waals surface area contributed by atoms with E-state index in [0.29, 0.717) is 10.6 Å². The summed E-state index contributed by atoms with van der Waals surface area (Å²) in [6.45, 7) is 3.17. The summed E-state index contributed by atoms with van der Waals surface area (Å²) in [5, 5.41) is 12.9. The number of halogens is 1. The van der Waals surface area contributed by atoms with E-state index >= 15 is 0 Å². The molecule has 0 saturated carbocycles. The number of nitrogens with one attached hydrogen (secondary N) is 1. The van der Waals surface area contributed by atoms with Crippen molar-refractivity contribution in [3.05, 3.63) is 28.8 Å². The highest BCUT2D eigenvalue weighted by molar-refractivity contribution is 6.33. The van der Waals surface area contributed by atoms with Gasteiger partial charge >= 0.3 is 0 Å². The zero-order chi connectivity index (χ0) is 14.6. The maximum absolute atomic E-state index is 8.86. The maximum atomic E-state index is 8.86. The van der Waals surface area contributed by atoms with Crippen LogP contribution in [0.2, 0.25) is 5.02 Å². The predicted octanol–water partition coefficient (Wildman–Crippen LogP) is 5.76. The van der Waals surface area contributed by atoms with Crippen molar-refractivity contribution in [1.29, 1.82) is 5.26 Å². The largest absolute Gasteiger partial charge is 0.384 e. The number of benzene rings is 1. The molecule has 0 radical (unpaired) electrons. The molecule has 20 heavy (non-hydrogen) atoms. The van der Waals surface area contributed by atoms with Gasteiger partial charge in [-0.1, -0.05) is 63.5 Å². The third kappa shape index (κ3) is 6.82. The fourth-order valence-corrected chi connectivity index (χ4v) is 2.40. The second kappa shape index (κ2) is 10.6. The summed E-state index contributed by atoms with van der Waals surface area (Å²) in [5.74, 6) is 0. The van der Waals surface area contributed by atoms with Crippen LogP contribution in [0.1, 0.15) is 63.9 Å². The van der Waals surface area contributed by atoms with E-state index in [-0.39, 0.29) is 0 Å². The minimum absolute atomic E-state index is 0.646. The van der Waals surface area contributed by atoms with E-state index in [1.807, 2.05) is 6.07 Å². The van der Waals surface area contributed by atoms with E-state index in [2.05, 4.69) is 18.3 Å². The van der Waals surface area contributed by atoms with Gasteiger partial charge in [0.15, 0.2) is 0 Å². The summed E-state index contributed by atoms with van der Waals surface area (Å²) >= 11 is 6.09. The van der Waals surface area contributed by atoms with Gasteiger partial charge < -0.3 is 5.32 Å². The fourth-order valence-electron chi connectivity index (χ4n) is 2.21. The Labute approximate surface area is 128 Å². The van der Waals surface area contributed by atoms with Crippen LogP contribution in [0.3, 0.4) is 0 Å². The van der Waals surface area contributed by atoms with Gasteiger partial charge in [0.2, 0.25) is 0 Å². The molecule has 1 N–H and O–H groups in total. The zero-order valence-electron chi connectivity index (χ0n) is 12.4. The van der Waals surface area contributed by atoms with Crippen LogP contribution in [-0.4, -0.2) is 6.54 Å². The topological polar surface area (TPSA) is 35.8 Å². The molecule has 1 aromatic carbocycles. The van der Waals surface area contributed by atoms with Crippen LogP contribution < -0.4 is 5.32 Å². The number of hydrogen-bond donors (Lipinski definition) is 1. The molecule has 0 aromatic heterocycles. The molecule has 0 aliphatic rings. The van der Waals surface area contributed by atoms with Crippen LogP contribution in [0.15, 0.2) is 18.2 Å². The lowest BCUT2D eigenvalue weighted by Crippen LogP contribution is -2.02. The van der Waals surface area contributed by atoms with Crippen molar-refractivity contribution < 1.29 is 0 Å². The van der Waals surface area contributed by atoms with Crippen molar-refractivity contribution in [3.63, 3.8) is 0 Å². The van der Waals surface area contributed by atoms with Crippen molar-refractivity contribution in [1.82, 2.24) is 0 Å². The molecular weight excluding hydrogens is 268 g/mol. The molecule has 0 heterocycles. The summed E-state index contributed by atoms with van der Waals surface area (Å²) in [6.07, 6.45) is 10.5. The normalized spacial score (nSPS) is 10.2. The summed E-state index contributed by atoms with van der Waals surface area (Å²) in [5.41, 5.74) is 1.52. The first-order valence-corrected chi connectivity index (χ1v) is 8.09. The van der Waals surface area contributed by atoms with E-state index in [9.17, 15) is 0 Å². The Hall–Kier alpha value is -1.20. The molecule has 0 aliphatic carbocycles. The van der Waals surface area contributed by atoms with Crippen molar-refractivity contribution in [2.24, 2.45) is 0 Å². The smallest absolute Gasteiger partial charge is 0.0992 e. The Bertz CT molecular complexity index is 423. The monoisotopic (exact) mass is 292 g/mol. The first kappa shape index (κ1) is 16.9. The highest BCUT2D eigenvalue weighted by Gasteiger charge is 2.01. The summed E-state index contributed by atoms with van der Waals surface area (Å²) in [4.78, 5) is 0. The van der Waals surface area contributed by atoms with Gasteiger partial charge in [0.05, 0.1) is 22.3 Å². The fraction of sp³-hybridized carbons (Fsp3) is 0.588. The maximum Gasteiger partial charge on any atom is 0.0992 e. The summed E-state index contributed by atoms with van der Waals surface area (Å²) in [7, 11) is 0. The van der Waals surface area contributed by atoms with E-state index in [1.165, 1.54) is 44.9 Å². The van der Waals surface area contributed by atoms with Gasteiger partial charge in [0.1, 0.15) is 0 Å². The molecule has 0 amide bonds. The molecule has 0 bridgehead atoms. The van der Waals surface area contributed by atoms with E-state index in [4.69, 9.17) is 16.9 Å². The van der Waals surface area contributed by atoms with Crippen LogP contribution in [0.25, 0.3) is 0 Å². The molecule has 0 saturated heterocycles. The number of hydrogen-bond acceptors (Lipinski definition) is 2. The van der Waals surface area contributed by atoms with Crippen molar-refractivity contribution in [3.8, 4) is 6.07 Å². The average molecular weight is 293 g/mol. The average Bonchev–Trinajstić information content (AvgIpc) is 2.47. The van der Waals surface area contributed by atoms with E-state index in [1.54, 1.807) is 12.1 Å². The quantitative estimate of drug-likeness (QED) is 0.556. The molecule has 3 heteroatoms. The van der Waals surface area contributed by atoms with Crippen LogP contribution in [-0.2, 0) is 0 Å². The SMILES string of the molecule is CCCCCCCCCCNc1cc(C#N)ccc1Cl. The second-order valence-corrected chi connectivity index (χ2v) is 5.62. The molecule has 1 aromatic rings. The number of anilines is 1. The van der Waals surface area contributed by atoms with E-state index in [0.717, 1.165) is 18.7 Å². The molecule has 0 fully saturated rings. The van der Waals surface area contributed by atoms with Gasteiger partial charge in [-0.3, -0.25) is 0 Å². The molecule has 0 unspecified atom stereocenters. The van der Waals surface area contributed by atoms with Gasteiger partial charge in [-0.05, 0) is 24.6 Å². The highest BCUT2D eigenvalue weighted by Crippen LogP contribution is 2.22. The van der Waals surface area contributed by atoms with Crippen LogP contribution in [0.4, 0.5) is 5.69 Å². The molecule has 1 rings (SSSR count). The van der Waals surface area contributed by atoms with Crippen LogP contribution in [0.5, 0.6) is 0 Å². The highest BCUT2D eigenvalue weighted by atomic mass is 35.5. The third-order valence-electron chi connectivity index (χ3n) is 3.44. The lowest BCUT2D eigenvalue weighted by molar-refractivity contribution is 0.581. The minimum Gasteiger partial charge on any atom is -0.384 e. The second-order valence-electron chi connectivity index (χ2n) is 5.21. The Morgan fingerprint density at radius 3 is 2.35 bits per heavy atom. The van der Waals surface area contributed by atoms with Gasteiger partial charge in [0, 0.05) is 6.54 Å². The number of rotatable bonds is 10. The molecule has 0 aliphatic heterocycles. The van der Waals surface area contributed by atoms with Crippen molar-refractivity contribution >= 4 is 17.3 Å². The first-order chi connectivity index (χ1) is 9.77. The van der Waals surface area contributed by atoms with Gasteiger partial charge in [-0.2, -0.15) is 5.26 Å². The Balaban J connectivity index is 2.11.